The fourth-order valence-electron chi connectivity index (χ4n) is 2.44. The van der Waals surface area contributed by atoms with Crippen LogP contribution in [-0.4, -0.2) is 22.1 Å². The Morgan fingerprint density at radius 2 is 1.93 bits per heavy atom. The summed E-state index contributed by atoms with van der Waals surface area (Å²) in [7, 11) is 0. The van der Waals surface area contributed by atoms with Crippen molar-refractivity contribution in [2.24, 2.45) is 0 Å². The number of benzene rings is 1. The van der Waals surface area contributed by atoms with Crippen LogP contribution in [0, 0.1) is 5.82 Å². The van der Waals surface area contributed by atoms with Gasteiger partial charge in [-0.1, -0.05) is 35.4 Å². The number of hydrogen-bond donors (Lipinski definition) is 1. The number of carbonyl (C=O) groups is 1. The summed E-state index contributed by atoms with van der Waals surface area (Å²) in [5.74, 6) is -0.821. The lowest BCUT2D eigenvalue weighted by atomic mass is 10.2. The number of aromatic nitrogens is 2. The summed E-state index contributed by atoms with van der Waals surface area (Å²) >= 11 is 5.56. The molecule has 0 unspecified atom stereocenters. The Morgan fingerprint density at radius 3 is 2.50 bits per heavy atom. The molecule has 1 N–H and O–H groups in total. The molecule has 12 heteroatoms. The van der Waals surface area contributed by atoms with Gasteiger partial charge < -0.3 is 4.90 Å². The second-order valence-corrected chi connectivity index (χ2v) is 8.77. The van der Waals surface area contributed by atoms with Gasteiger partial charge in [-0.25, -0.2) is 14.4 Å². The molecule has 3 aromatic rings. The van der Waals surface area contributed by atoms with Crippen LogP contribution < -0.4 is 9.62 Å². The third kappa shape index (κ3) is 5.29. The number of amides is 1. The number of rotatable bonds is 6. The van der Waals surface area contributed by atoms with E-state index < -0.39 is 23.6 Å². The molecule has 2 heterocycles. The van der Waals surface area contributed by atoms with Crippen LogP contribution >= 0.6 is 39.2 Å². The van der Waals surface area contributed by atoms with E-state index in [0.717, 1.165) is 35.5 Å². The van der Waals surface area contributed by atoms with E-state index in [1.54, 1.807) is 23.3 Å². The highest BCUT2D eigenvalue weighted by Crippen LogP contribution is 2.37. The number of hydrogen-bond acceptors (Lipinski definition) is 6. The van der Waals surface area contributed by atoms with Crippen LogP contribution in [0.1, 0.15) is 21.7 Å². The molecule has 0 atom stereocenters. The highest BCUT2D eigenvalue weighted by Gasteiger charge is 2.32. The molecule has 0 bridgehead atoms. The van der Waals surface area contributed by atoms with Crippen molar-refractivity contribution < 1.29 is 22.4 Å². The number of pyridine rings is 1. The third-order valence-electron chi connectivity index (χ3n) is 3.82. The predicted molar refractivity (Wildman–Crippen MR) is 112 cm³/mol. The average Bonchev–Trinajstić information content (AvgIpc) is 3.08. The lowest BCUT2D eigenvalue weighted by Gasteiger charge is -2.22. The predicted octanol–water partition coefficient (Wildman–Crippen LogP) is 5.80. The molecule has 158 valence electrons. The van der Waals surface area contributed by atoms with Crippen molar-refractivity contribution in [2.75, 3.05) is 11.2 Å². The van der Waals surface area contributed by atoms with Gasteiger partial charge in [0.25, 0.3) is 5.91 Å². The van der Waals surface area contributed by atoms with Gasteiger partial charge in [0, 0.05) is 6.26 Å². The summed E-state index contributed by atoms with van der Waals surface area (Å²) in [6.45, 7) is 0.177. The van der Waals surface area contributed by atoms with Crippen LogP contribution in [0.5, 0.6) is 0 Å². The second kappa shape index (κ2) is 9.31. The topological polar surface area (TPSA) is 58.1 Å². The molecule has 1 aromatic carbocycles. The van der Waals surface area contributed by atoms with Crippen LogP contribution in [0.3, 0.4) is 0 Å². The molecule has 0 saturated carbocycles. The molecule has 0 spiro atoms. The fraction of sp³-hybridized carbons (Fsp3) is 0.167. The van der Waals surface area contributed by atoms with Gasteiger partial charge in [-0.15, -0.1) is 0 Å². The van der Waals surface area contributed by atoms with Crippen molar-refractivity contribution in [1.82, 2.24) is 14.7 Å². The van der Waals surface area contributed by atoms with Crippen LogP contribution in [-0.2, 0) is 12.7 Å². The van der Waals surface area contributed by atoms with Gasteiger partial charge >= 0.3 is 6.18 Å². The first-order valence-corrected chi connectivity index (χ1v) is 11.1. The molecule has 2 aromatic heterocycles. The maximum absolute atomic E-state index is 13.3. The van der Waals surface area contributed by atoms with Crippen LogP contribution in [0.25, 0.3) is 0 Å². The first-order valence-electron chi connectivity index (χ1n) is 8.24. The molecule has 1 amide bonds. The molecular formula is C18H13BrF4N4OS2. The molecule has 0 aliphatic carbocycles. The van der Waals surface area contributed by atoms with Crippen molar-refractivity contribution >= 4 is 55.9 Å². The van der Waals surface area contributed by atoms with E-state index in [9.17, 15) is 22.4 Å². The highest BCUT2D eigenvalue weighted by molar-refractivity contribution is 9.11. The Kier molecular flexibility index (Phi) is 6.98. The van der Waals surface area contributed by atoms with Crippen LogP contribution in [0.2, 0.25) is 0 Å². The minimum Gasteiger partial charge on any atom is -0.312 e. The maximum atomic E-state index is 13.3. The van der Waals surface area contributed by atoms with Crippen molar-refractivity contribution in [3.63, 3.8) is 0 Å². The molecule has 0 aliphatic heterocycles. The minimum absolute atomic E-state index is 0.147. The standard InChI is InChI=1S/C18H13BrF4N4OS2/c1-29-26-16(28)14-15(19)30-17(25-14)27(9-10-2-4-11(20)5-3-10)12-6-7-13(24-8-12)18(21,22)23/h2-8H,9H2,1H3,(H,26,28). The lowest BCUT2D eigenvalue weighted by molar-refractivity contribution is -0.141. The number of thiazole rings is 1. The van der Waals surface area contributed by atoms with E-state index in [1.807, 2.05) is 0 Å². The van der Waals surface area contributed by atoms with Crippen LogP contribution in [0.4, 0.5) is 28.4 Å². The normalized spacial score (nSPS) is 11.4. The molecule has 3 rings (SSSR count). The maximum Gasteiger partial charge on any atom is 0.433 e. The largest absolute Gasteiger partial charge is 0.433 e. The lowest BCUT2D eigenvalue weighted by Crippen LogP contribution is -2.19. The SMILES string of the molecule is CSNC(=O)c1nc(N(Cc2ccc(F)cc2)c2ccc(C(F)(F)F)nc2)sc1Br. The van der Waals surface area contributed by atoms with Crippen molar-refractivity contribution in [3.8, 4) is 0 Å². The second-order valence-electron chi connectivity index (χ2n) is 5.87. The van der Waals surface area contributed by atoms with E-state index in [2.05, 4.69) is 30.6 Å². The molecule has 30 heavy (non-hydrogen) atoms. The summed E-state index contributed by atoms with van der Waals surface area (Å²) in [5, 5.41) is 0.360. The molecule has 0 radical (unpaired) electrons. The Bertz CT molecular complexity index is 1030. The minimum atomic E-state index is -4.56. The summed E-state index contributed by atoms with van der Waals surface area (Å²) in [4.78, 5) is 21.6. The fourth-order valence-corrected chi connectivity index (χ4v) is 4.24. The number of halogens is 5. The van der Waals surface area contributed by atoms with Crippen LogP contribution in [0.15, 0.2) is 46.4 Å². The van der Waals surface area contributed by atoms with Gasteiger partial charge in [0.1, 0.15) is 15.3 Å². The van der Waals surface area contributed by atoms with E-state index in [-0.39, 0.29) is 12.2 Å². The zero-order valence-corrected chi connectivity index (χ0v) is 18.4. The molecular weight excluding hydrogens is 508 g/mol. The summed E-state index contributed by atoms with van der Waals surface area (Å²) < 4.78 is 54.9. The Balaban J connectivity index is 2.00. The van der Waals surface area contributed by atoms with Crippen molar-refractivity contribution in [2.45, 2.75) is 12.7 Å². The number of anilines is 2. The van der Waals surface area contributed by atoms with Gasteiger partial charge in [-0.3, -0.25) is 9.52 Å². The summed E-state index contributed by atoms with van der Waals surface area (Å²) in [5.41, 5.74) is 0.157. The van der Waals surface area contributed by atoms with Gasteiger partial charge in [0.2, 0.25) is 0 Å². The first-order chi connectivity index (χ1) is 14.2. The van der Waals surface area contributed by atoms with Gasteiger partial charge in [0.05, 0.1) is 18.4 Å². The number of carbonyl (C=O) groups excluding carboxylic acids is 1. The molecule has 0 fully saturated rings. The summed E-state index contributed by atoms with van der Waals surface area (Å²) in [6, 6.07) is 7.84. The van der Waals surface area contributed by atoms with Gasteiger partial charge in [0.15, 0.2) is 10.8 Å². The van der Waals surface area contributed by atoms with Crippen molar-refractivity contribution in [3.05, 3.63) is 69.1 Å². The van der Waals surface area contributed by atoms with E-state index in [1.165, 1.54) is 18.2 Å². The summed E-state index contributed by atoms with van der Waals surface area (Å²) in [6.07, 6.45) is -1.79. The van der Waals surface area contributed by atoms with E-state index >= 15 is 0 Å². The molecule has 0 aliphatic rings. The number of nitrogens with one attached hydrogen (secondary N) is 1. The number of nitrogens with zero attached hydrogens (tertiary/aromatic N) is 3. The van der Waals surface area contributed by atoms with Crippen molar-refractivity contribution in [1.29, 1.82) is 0 Å². The van der Waals surface area contributed by atoms with Gasteiger partial charge in [-0.2, -0.15) is 13.2 Å². The smallest absolute Gasteiger partial charge is 0.312 e. The Labute approximate surface area is 185 Å². The molecule has 0 saturated heterocycles. The zero-order valence-electron chi connectivity index (χ0n) is 15.2. The Morgan fingerprint density at radius 1 is 1.23 bits per heavy atom. The van der Waals surface area contributed by atoms with E-state index in [4.69, 9.17) is 0 Å². The monoisotopic (exact) mass is 520 g/mol. The average molecular weight is 521 g/mol. The molecule has 5 nitrogen and oxygen atoms in total. The quantitative estimate of drug-likeness (QED) is 0.328. The highest BCUT2D eigenvalue weighted by atomic mass is 79.9. The first kappa shape index (κ1) is 22.5. The third-order valence-corrected chi connectivity index (χ3v) is 5.94. The zero-order chi connectivity index (χ0) is 21.9. The Hall–Kier alpha value is -2.18. The van der Waals surface area contributed by atoms with Gasteiger partial charge in [-0.05, 0) is 45.8 Å². The number of alkyl halides is 3. The van der Waals surface area contributed by atoms with E-state index in [0.29, 0.717) is 20.2 Å².